The molecule has 0 unspecified atom stereocenters. The molecule has 0 aliphatic heterocycles. The van der Waals surface area contributed by atoms with Crippen LogP contribution in [0.1, 0.15) is 23.1 Å². The molecule has 0 amide bonds. The zero-order valence-corrected chi connectivity index (χ0v) is 12.9. The molecule has 3 heteroatoms. The number of hydrogen-bond donors (Lipinski definition) is 1. The smallest absolute Gasteiger partial charge is 0.0638 e. The van der Waals surface area contributed by atoms with Gasteiger partial charge in [0, 0.05) is 11.0 Å². The highest BCUT2D eigenvalue weighted by Gasteiger charge is 2.10. The molecule has 2 aromatic rings. The Morgan fingerprint density at radius 3 is 2.79 bits per heavy atom. The van der Waals surface area contributed by atoms with Gasteiger partial charge in [-0.25, -0.2) is 0 Å². The second kappa shape index (κ2) is 5.56. The summed E-state index contributed by atoms with van der Waals surface area (Å²) in [5.41, 5.74) is 5.32. The van der Waals surface area contributed by atoms with Crippen LogP contribution in [-0.4, -0.2) is 0 Å². The van der Waals surface area contributed by atoms with E-state index in [1.807, 2.05) is 18.2 Å². The van der Waals surface area contributed by atoms with E-state index in [0.717, 1.165) is 21.7 Å². The number of nitrogens with one attached hydrogen (secondary N) is 1. The highest BCUT2D eigenvalue weighted by Crippen LogP contribution is 2.27. The summed E-state index contributed by atoms with van der Waals surface area (Å²) in [6.07, 6.45) is 3.75. The number of fused-ring (bicyclic) bond motifs is 1. The molecule has 0 fully saturated rings. The Hall–Kier alpha value is -0.990. The highest BCUT2D eigenvalue weighted by molar-refractivity contribution is 9.10. The van der Waals surface area contributed by atoms with E-state index in [-0.39, 0.29) is 0 Å². The molecule has 0 spiro atoms. The van der Waals surface area contributed by atoms with E-state index in [2.05, 4.69) is 39.4 Å². The Labute approximate surface area is 127 Å². The van der Waals surface area contributed by atoms with Crippen LogP contribution in [0.5, 0.6) is 0 Å². The number of benzene rings is 2. The zero-order chi connectivity index (χ0) is 13.2. The molecule has 3 rings (SSSR count). The van der Waals surface area contributed by atoms with Gasteiger partial charge in [-0.3, -0.25) is 0 Å². The van der Waals surface area contributed by atoms with Gasteiger partial charge in [-0.2, -0.15) is 0 Å². The molecule has 0 saturated carbocycles. The van der Waals surface area contributed by atoms with Crippen molar-refractivity contribution < 1.29 is 0 Å². The fraction of sp³-hybridized carbons (Fsp3) is 0.250. The van der Waals surface area contributed by atoms with Crippen LogP contribution in [0, 0.1) is 0 Å². The van der Waals surface area contributed by atoms with Crippen LogP contribution in [-0.2, 0) is 19.4 Å². The minimum Gasteiger partial charge on any atom is -0.380 e. The first kappa shape index (κ1) is 13.0. The molecular weight excluding hydrogens is 322 g/mol. The second-order valence-corrected chi connectivity index (χ2v) is 6.26. The lowest BCUT2D eigenvalue weighted by Gasteiger charge is -2.10. The van der Waals surface area contributed by atoms with Crippen molar-refractivity contribution in [1.29, 1.82) is 0 Å². The lowest BCUT2D eigenvalue weighted by molar-refractivity contribution is 0.911. The summed E-state index contributed by atoms with van der Waals surface area (Å²) in [6, 6.07) is 12.7. The van der Waals surface area contributed by atoms with E-state index >= 15 is 0 Å². The summed E-state index contributed by atoms with van der Waals surface area (Å²) in [5.74, 6) is 0. The van der Waals surface area contributed by atoms with Crippen LogP contribution >= 0.6 is 27.5 Å². The first-order chi connectivity index (χ1) is 9.22. The standard InChI is InChI=1S/C16H15BrClN/c17-14-6-7-15(18)16(9-14)19-10-11-4-5-12-2-1-3-13(12)8-11/h4-9,19H,1-3,10H2. The summed E-state index contributed by atoms with van der Waals surface area (Å²) < 4.78 is 1.04. The van der Waals surface area contributed by atoms with Crippen molar-refractivity contribution in [1.82, 2.24) is 0 Å². The van der Waals surface area contributed by atoms with Gasteiger partial charge >= 0.3 is 0 Å². The van der Waals surface area contributed by atoms with Gasteiger partial charge in [0.2, 0.25) is 0 Å². The summed E-state index contributed by atoms with van der Waals surface area (Å²) in [5, 5.41) is 4.15. The third-order valence-electron chi connectivity index (χ3n) is 3.57. The van der Waals surface area contributed by atoms with Gasteiger partial charge in [-0.15, -0.1) is 0 Å². The van der Waals surface area contributed by atoms with E-state index in [1.165, 1.54) is 36.0 Å². The number of halogens is 2. The van der Waals surface area contributed by atoms with E-state index < -0.39 is 0 Å². The molecule has 19 heavy (non-hydrogen) atoms. The van der Waals surface area contributed by atoms with Crippen molar-refractivity contribution in [3.8, 4) is 0 Å². The predicted molar refractivity (Wildman–Crippen MR) is 84.9 cm³/mol. The molecule has 1 nitrogen and oxygen atoms in total. The van der Waals surface area contributed by atoms with Crippen molar-refractivity contribution in [2.24, 2.45) is 0 Å². The lowest BCUT2D eigenvalue weighted by Crippen LogP contribution is -2.00. The highest BCUT2D eigenvalue weighted by atomic mass is 79.9. The van der Waals surface area contributed by atoms with Crippen molar-refractivity contribution in [3.63, 3.8) is 0 Å². The van der Waals surface area contributed by atoms with E-state index in [1.54, 1.807) is 0 Å². The van der Waals surface area contributed by atoms with E-state index in [9.17, 15) is 0 Å². The van der Waals surface area contributed by atoms with Gasteiger partial charge < -0.3 is 5.32 Å². The van der Waals surface area contributed by atoms with Gasteiger partial charge in [-0.1, -0.05) is 45.7 Å². The lowest BCUT2D eigenvalue weighted by atomic mass is 10.1. The van der Waals surface area contributed by atoms with Gasteiger partial charge in [0.1, 0.15) is 0 Å². The molecule has 0 radical (unpaired) electrons. The van der Waals surface area contributed by atoms with Crippen LogP contribution < -0.4 is 5.32 Å². The zero-order valence-electron chi connectivity index (χ0n) is 10.5. The van der Waals surface area contributed by atoms with Crippen molar-refractivity contribution in [2.45, 2.75) is 25.8 Å². The topological polar surface area (TPSA) is 12.0 Å². The summed E-state index contributed by atoms with van der Waals surface area (Å²) in [7, 11) is 0. The van der Waals surface area contributed by atoms with E-state index in [0.29, 0.717) is 0 Å². The Morgan fingerprint density at radius 2 is 1.89 bits per heavy atom. The predicted octanol–water partition coefficient (Wildman–Crippen LogP) is 5.20. The first-order valence-corrected chi connectivity index (χ1v) is 7.69. The number of rotatable bonds is 3. The van der Waals surface area contributed by atoms with Crippen LogP contribution in [0.2, 0.25) is 5.02 Å². The van der Waals surface area contributed by atoms with Crippen molar-refractivity contribution >= 4 is 33.2 Å². The van der Waals surface area contributed by atoms with Crippen LogP contribution in [0.4, 0.5) is 5.69 Å². The van der Waals surface area contributed by atoms with Gasteiger partial charge in [0.15, 0.2) is 0 Å². The largest absolute Gasteiger partial charge is 0.380 e. The third kappa shape index (κ3) is 2.96. The Balaban J connectivity index is 1.74. The molecule has 0 aromatic heterocycles. The molecule has 98 valence electrons. The van der Waals surface area contributed by atoms with Crippen LogP contribution in [0.25, 0.3) is 0 Å². The van der Waals surface area contributed by atoms with Gasteiger partial charge in [-0.05, 0) is 54.2 Å². The second-order valence-electron chi connectivity index (χ2n) is 4.93. The molecule has 0 bridgehead atoms. The monoisotopic (exact) mass is 335 g/mol. The van der Waals surface area contributed by atoms with Gasteiger partial charge in [0.05, 0.1) is 10.7 Å². The molecule has 1 aliphatic carbocycles. The quantitative estimate of drug-likeness (QED) is 0.812. The number of aryl methyl sites for hydroxylation is 2. The first-order valence-electron chi connectivity index (χ1n) is 6.52. The molecular formula is C16H15BrClN. The normalized spacial score (nSPS) is 13.4. The van der Waals surface area contributed by atoms with Crippen LogP contribution in [0.3, 0.4) is 0 Å². The Morgan fingerprint density at radius 1 is 1.05 bits per heavy atom. The summed E-state index contributed by atoms with van der Waals surface area (Å²) >= 11 is 9.64. The SMILES string of the molecule is Clc1ccc(Br)cc1NCc1ccc2c(c1)CCC2. The molecule has 0 heterocycles. The average Bonchev–Trinajstić information content (AvgIpc) is 2.87. The Kier molecular flexibility index (Phi) is 3.81. The molecule has 0 atom stereocenters. The summed E-state index contributed by atoms with van der Waals surface area (Å²) in [6.45, 7) is 0.809. The minimum absolute atomic E-state index is 0.754. The molecule has 2 aromatic carbocycles. The fourth-order valence-electron chi connectivity index (χ4n) is 2.57. The maximum absolute atomic E-state index is 6.17. The fourth-order valence-corrected chi connectivity index (χ4v) is 3.11. The van der Waals surface area contributed by atoms with Crippen molar-refractivity contribution in [3.05, 3.63) is 62.6 Å². The average molecular weight is 337 g/mol. The molecule has 0 saturated heterocycles. The van der Waals surface area contributed by atoms with Gasteiger partial charge in [0.25, 0.3) is 0 Å². The van der Waals surface area contributed by atoms with E-state index in [4.69, 9.17) is 11.6 Å². The molecule has 1 aliphatic rings. The number of hydrogen-bond acceptors (Lipinski definition) is 1. The number of anilines is 1. The van der Waals surface area contributed by atoms with Crippen molar-refractivity contribution in [2.75, 3.05) is 5.32 Å². The minimum atomic E-state index is 0.754. The maximum Gasteiger partial charge on any atom is 0.0638 e. The Bertz CT molecular complexity index is 610. The maximum atomic E-state index is 6.17. The molecule has 1 N–H and O–H groups in total. The summed E-state index contributed by atoms with van der Waals surface area (Å²) in [4.78, 5) is 0. The third-order valence-corrected chi connectivity index (χ3v) is 4.40. The van der Waals surface area contributed by atoms with Crippen LogP contribution in [0.15, 0.2) is 40.9 Å².